The van der Waals surface area contributed by atoms with Gasteiger partial charge in [-0.3, -0.25) is 4.79 Å². The molecule has 0 amide bonds. The highest BCUT2D eigenvalue weighted by molar-refractivity contribution is 6.55. The summed E-state index contributed by atoms with van der Waals surface area (Å²) < 4.78 is 0.191. The molecule has 0 radical (unpaired) electrons. The predicted octanol–water partition coefficient (Wildman–Crippen LogP) is 4.67. The van der Waals surface area contributed by atoms with E-state index in [1.165, 1.54) is 0 Å². The molecule has 1 saturated carbocycles. The van der Waals surface area contributed by atoms with E-state index < -0.39 is 0 Å². The van der Waals surface area contributed by atoms with Crippen LogP contribution in [-0.4, -0.2) is 10.9 Å². The standard InChI is InChI=1S/C17H16Cl2O2/c1-17(2)12(8-13(18)19)14(17)16(21)11-7-9-5-3-4-6-10(9)15(11)20/h3-6,8,12,14,20H,7H2,1-2H3. The van der Waals surface area contributed by atoms with Crippen LogP contribution in [0.3, 0.4) is 0 Å². The molecule has 4 heteroatoms. The molecule has 2 aliphatic rings. The lowest BCUT2D eigenvalue weighted by molar-refractivity contribution is -0.117. The van der Waals surface area contributed by atoms with Crippen molar-refractivity contribution in [2.45, 2.75) is 20.3 Å². The number of benzene rings is 1. The Morgan fingerprint density at radius 3 is 2.62 bits per heavy atom. The van der Waals surface area contributed by atoms with Gasteiger partial charge >= 0.3 is 0 Å². The molecular weight excluding hydrogens is 307 g/mol. The van der Waals surface area contributed by atoms with Crippen LogP contribution in [0.4, 0.5) is 0 Å². The quantitative estimate of drug-likeness (QED) is 0.877. The van der Waals surface area contributed by atoms with Crippen LogP contribution in [0.1, 0.15) is 25.0 Å². The van der Waals surface area contributed by atoms with Crippen molar-refractivity contribution >= 4 is 34.7 Å². The van der Waals surface area contributed by atoms with Crippen molar-refractivity contribution in [1.29, 1.82) is 0 Å². The number of halogens is 2. The lowest BCUT2D eigenvalue weighted by Gasteiger charge is -2.03. The maximum absolute atomic E-state index is 12.8. The van der Waals surface area contributed by atoms with Crippen LogP contribution in [0.2, 0.25) is 0 Å². The summed E-state index contributed by atoms with van der Waals surface area (Å²) in [5.74, 6) is -0.0157. The Morgan fingerprint density at radius 1 is 1.33 bits per heavy atom. The zero-order valence-corrected chi connectivity index (χ0v) is 13.4. The Kier molecular flexibility index (Phi) is 3.42. The van der Waals surface area contributed by atoms with E-state index in [0.29, 0.717) is 12.0 Å². The van der Waals surface area contributed by atoms with Crippen LogP contribution in [-0.2, 0) is 11.2 Å². The lowest BCUT2D eigenvalue weighted by Crippen LogP contribution is -2.10. The second-order valence-corrected chi connectivity index (χ2v) is 7.31. The number of carbonyl (C=O) groups excluding carboxylic acids is 1. The van der Waals surface area contributed by atoms with Gasteiger partial charge in [0.05, 0.1) is 0 Å². The number of Topliss-reactive ketones (excluding diaryl/α,β-unsaturated/α-hetero) is 1. The third-order valence-electron chi connectivity index (χ3n) is 4.72. The Balaban J connectivity index is 1.89. The average Bonchev–Trinajstić information content (AvgIpc) is 2.78. The number of aliphatic hydroxyl groups is 1. The van der Waals surface area contributed by atoms with Crippen LogP contribution < -0.4 is 0 Å². The van der Waals surface area contributed by atoms with Crippen LogP contribution in [0.25, 0.3) is 5.76 Å². The highest BCUT2D eigenvalue weighted by atomic mass is 35.5. The Morgan fingerprint density at radius 2 is 2.00 bits per heavy atom. The summed E-state index contributed by atoms with van der Waals surface area (Å²) in [6.07, 6.45) is 2.23. The number of aliphatic hydroxyl groups excluding tert-OH is 1. The largest absolute Gasteiger partial charge is 0.507 e. The van der Waals surface area contributed by atoms with Gasteiger partial charge < -0.3 is 5.11 Å². The monoisotopic (exact) mass is 322 g/mol. The molecule has 1 aromatic rings. The third kappa shape index (κ3) is 2.31. The normalized spacial score (nSPS) is 25.5. The average molecular weight is 323 g/mol. The number of rotatable bonds is 3. The molecule has 1 aromatic carbocycles. The van der Waals surface area contributed by atoms with Gasteiger partial charge in [0.2, 0.25) is 0 Å². The van der Waals surface area contributed by atoms with Crippen molar-refractivity contribution in [3.8, 4) is 0 Å². The topological polar surface area (TPSA) is 37.3 Å². The van der Waals surface area contributed by atoms with Crippen molar-refractivity contribution in [1.82, 2.24) is 0 Å². The lowest BCUT2D eigenvalue weighted by atomic mass is 10.00. The number of hydrogen-bond acceptors (Lipinski definition) is 2. The van der Waals surface area contributed by atoms with Gasteiger partial charge in [0.25, 0.3) is 0 Å². The fraction of sp³-hybridized carbons (Fsp3) is 0.353. The van der Waals surface area contributed by atoms with Gasteiger partial charge in [0.15, 0.2) is 5.78 Å². The van der Waals surface area contributed by atoms with Gasteiger partial charge in [0, 0.05) is 23.5 Å². The fourth-order valence-corrected chi connectivity index (χ4v) is 3.63. The zero-order chi connectivity index (χ0) is 15.4. The van der Waals surface area contributed by atoms with Gasteiger partial charge in [-0.1, -0.05) is 61.3 Å². The summed E-state index contributed by atoms with van der Waals surface area (Å²) in [6, 6.07) is 7.56. The van der Waals surface area contributed by atoms with Crippen LogP contribution >= 0.6 is 23.2 Å². The molecule has 1 N–H and O–H groups in total. The minimum atomic E-state index is -0.172. The summed E-state index contributed by atoms with van der Waals surface area (Å²) in [4.78, 5) is 12.8. The first-order chi connectivity index (χ1) is 9.84. The minimum Gasteiger partial charge on any atom is -0.507 e. The zero-order valence-electron chi connectivity index (χ0n) is 11.9. The molecule has 110 valence electrons. The number of allylic oxidation sites excluding steroid dienone is 2. The molecule has 2 unspecified atom stereocenters. The Labute approximate surface area is 134 Å². The predicted molar refractivity (Wildman–Crippen MR) is 85.3 cm³/mol. The van der Waals surface area contributed by atoms with Crippen LogP contribution in [0, 0.1) is 17.3 Å². The van der Waals surface area contributed by atoms with Gasteiger partial charge in [-0.05, 0) is 23.0 Å². The maximum atomic E-state index is 12.8. The van der Waals surface area contributed by atoms with Crippen molar-refractivity contribution in [3.05, 3.63) is 51.5 Å². The summed E-state index contributed by atoms with van der Waals surface area (Å²) in [6.45, 7) is 4.04. The van der Waals surface area contributed by atoms with E-state index >= 15 is 0 Å². The number of carbonyl (C=O) groups is 1. The summed E-state index contributed by atoms with van der Waals surface area (Å²) in [7, 11) is 0. The van der Waals surface area contributed by atoms with Crippen molar-refractivity contribution in [2.75, 3.05) is 0 Å². The first-order valence-electron chi connectivity index (χ1n) is 6.91. The molecule has 0 aromatic heterocycles. The van der Waals surface area contributed by atoms with Crippen LogP contribution in [0.5, 0.6) is 0 Å². The van der Waals surface area contributed by atoms with E-state index in [0.717, 1.165) is 11.1 Å². The summed E-state index contributed by atoms with van der Waals surface area (Å²) in [5, 5.41) is 10.3. The van der Waals surface area contributed by atoms with Crippen molar-refractivity contribution in [2.24, 2.45) is 17.3 Å². The van der Waals surface area contributed by atoms with E-state index in [9.17, 15) is 9.90 Å². The molecule has 2 atom stereocenters. The second kappa shape index (κ2) is 4.89. The maximum Gasteiger partial charge on any atom is 0.167 e. The molecule has 2 nitrogen and oxygen atoms in total. The molecule has 1 fully saturated rings. The fourth-order valence-electron chi connectivity index (χ4n) is 3.36. The van der Waals surface area contributed by atoms with E-state index in [-0.39, 0.29) is 33.3 Å². The molecular formula is C17H16Cl2O2. The molecule has 0 heterocycles. The van der Waals surface area contributed by atoms with Gasteiger partial charge in [-0.15, -0.1) is 0 Å². The molecule has 3 rings (SSSR count). The molecule has 2 aliphatic carbocycles. The van der Waals surface area contributed by atoms with Gasteiger partial charge in [-0.2, -0.15) is 0 Å². The molecule has 21 heavy (non-hydrogen) atoms. The van der Waals surface area contributed by atoms with Crippen LogP contribution in [0.15, 0.2) is 40.4 Å². The number of fused-ring (bicyclic) bond motifs is 1. The SMILES string of the molecule is CC1(C)C(C=C(Cl)Cl)C1C(=O)C1=C(O)c2ccccc2C1. The van der Waals surface area contributed by atoms with Crippen molar-refractivity contribution < 1.29 is 9.90 Å². The first kappa shape index (κ1) is 14.7. The van der Waals surface area contributed by atoms with E-state index in [4.69, 9.17) is 23.2 Å². The third-order valence-corrected chi connectivity index (χ3v) is 4.97. The highest BCUT2D eigenvalue weighted by Crippen LogP contribution is 2.61. The summed E-state index contributed by atoms with van der Waals surface area (Å²) in [5.41, 5.74) is 2.10. The van der Waals surface area contributed by atoms with E-state index in [2.05, 4.69) is 0 Å². The van der Waals surface area contributed by atoms with Gasteiger partial charge in [-0.25, -0.2) is 0 Å². The smallest absolute Gasteiger partial charge is 0.167 e. The molecule has 0 saturated heterocycles. The van der Waals surface area contributed by atoms with E-state index in [1.807, 2.05) is 38.1 Å². The number of ketones is 1. The molecule has 0 aliphatic heterocycles. The van der Waals surface area contributed by atoms with Crippen molar-refractivity contribution in [3.63, 3.8) is 0 Å². The second-order valence-electron chi connectivity index (χ2n) is 6.31. The van der Waals surface area contributed by atoms with Gasteiger partial charge in [0.1, 0.15) is 10.3 Å². The molecule has 0 bridgehead atoms. The molecule has 0 spiro atoms. The Bertz CT molecular complexity index is 682. The highest BCUT2D eigenvalue weighted by Gasteiger charge is 2.61. The summed E-state index contributed by atoms with van der Waals surface area (Å²) >= 11 is 11.5. The number of hydrogen-bond donors (Lipinski definition) is 1. The van der Waals surface area contributed by atoms with E-state index in [1.54, 1.807) is 6.08 Å². The Hall–Kier alpha value is -1.25. The minimum absolute atomic E-state index is 0.00420. The first-order valence-corrected chi connectivity index (χ1v) is 7.67.